The average molecular weight is 364 g/mol. The number of hydrogen-bond donors (Lipinski definition) is 0. The molecule has 1 aromatic carbocycles. The molecule has 3 aromatic rings. The predicted molar refractivity (Wildman–Crippen MR) is 105 cm³/mol. The van der Waals surface area contributed by atoms with Gasteiger partial charge in [0.2, 0.25) is 0 Å². The second-order valence-electron chi connectivity index (χ2n) is 6.30. The van der Waals surface area contributed by atoms with Crippen LogP contribution in [-0.2, 0) is 0 Å². The number of nitrogens with zero attached hydrogens (tertiary/aromatic N) is 4. The Bertz CT molecular complexity index is 884. The largest absolute Gasteiger partial charge is 0.353 e. The van der Waals surface area contributed by atoms with Crippen molar-refractivity contribution in [3.05, 3.63) is 64.6 Å². The van der Waals surface area contributed by atoms with Crippen LogP contribution in [0, 0.1) is 6.92 Å². The Morgan fingerprint density at radius 1 is 1.04 bits per heavy atom. The minimum absolute atomic E-state index is 0.0895. The van der Waals surface area contributed by atoms with Gasteiger partial charge in [0.15, 0.2) is 0 Å². The average Bonchev–Trinajstić information content (AvgIpc) is 3.15. The fourth-order valence-corrected chi connectivity index (χ4v) is 3.76. The third kappa shape index (κ3) is 3.46. The molecule has 0 bridgehead atoms. The quantitative estimate of drug-likeness (QED) is 0.714. The number of rotatable bonds is 3. The first-order valence-electron chi connectivity index (χ1n) is 8.68. The summed E-state index contributed by atoms with van der Waals surface area (Å²) in [5.74, 6) is 1.06. The second kappa shape index (κ2) is 7.25. The van der Waals surface area contributed by atoms with Crippen molar-refractivity contribution in [2.75, 3.05) is 31.1 Å². The monoisotopic (exact) mass is 364 g/mol. The van der Waals surface area contributed by atoms with Gasteiger partial charge in [-0.3, -0.25) is 4.79 Å². The molecule has 132 valence electrons. The van der Waals surface area contributed by atoms with E-state index in [-0.39, 0.29) is 5.91 Å². The highest BCUT2D eigenvalue weighted by atomic mass is 32.1. The highest BCUT2D eigenvalue weighted by molar-refractivity contribution is 7.09. The molecule has 6 heteroatoms. The maximum Gasteiger partial charge on any atom is 0.253 e. The third-order valence-electron chi connectivity index (χ3n) is 4.59. The zero-order chi connectivity index (χ0) is 17.9. The molecule has 5 nitrogen and oxygen atoms in total. The van der Waals surface area contributed by atoms with Crippen molar-refractivity contribution in [1.82, 2.24) is 14.9 Å². The first kappa shape index (κ1) is 16.7. The number of piperazine rings is 1. The molecule has 1 aliphatic rings. The van der Waals surface area contributed by atoms with Crippen molar-refractivity contribution in [2.45, 2.75) is 6.92 Å². The van der Waals surface area contributed by atoms with Crippen LogP contribution in [0.2, 0.25) is 0 Å². The molecule has 1 saturated heterocycles. The molecule has 0 radical (unpaired) electrons. The lowest BCUT2D eigenvalue weighted by Gasteiger charge is -2.35. The lowest BCUT2D eigenvalue weighted by atomic mass is 10.1. The van der Waals surface area contributed by atoms with Crippen LogP contribution in [0.5, 0.6) is 0 Å². The minimum Gasteiger partial charge on any atom is -0.353 e. The number of aryl methyl sites for hydroxylation is 1. The van der Waals surface area contributed by atoms with Gasteiger partial charge in [-0.25, -0.2) is 9.97 Å². The van der Waals surface area contributed by atoms with Gasteiger partial charge in [0.25, 0.3) is 5.91 Å². The van der Waals surface area contributed by atoms with Gasteiger partial charge in [-0.1, -0.05) is 18.2 Å². The van der Waals surface area contributed by atoms with Crippen LogP contribution in [0.1, 0.15) is 15.4 Å². The third-order valence-corrected chi connectivity index (χ3v) is 5.36. The number of anilines is 1. The van der Waals surface area contributed by atoms with Crippen LogP contribution in [0.25, 0.3) is 11.3 Å². The van der Waals surface area contributed by atoms with Crippen molar-refractivity contribution < 1.29 is 4.79 Å². The fraction of sp³-hybridized carbons (Fsp3) is 0.250. The maximum absolute atomic E-state index is 12.8. The van der Waals surface area contributed by atoms with Crippen LogP contribution in [0.4, 0.5) is 5.82 Å². The molecule has 0 N–H and O–H groups in total. The summed E-state index contributed by atoms with van der Waals surface area (Å²) in [5, 5.41) is 3.09. The van der Waals surface area contributed by atoms with Crippen molar-refractivity contribution >= 4 is 23.1 Å². The van der Waals surface area contributed by atoms with E-state index in [2.05, 4.69) is 14.9 Å². The summed E-state index contributed by atoms with van der Waals surface area (Å²) in [6.45, 7) is 5.03. The molecule has 1 fully saturated rings. The molecule has 0 spiro atoms. The first-order chi connectivity index (χ1) is 12.7. The van der Waals surface area contributed by atoms with Gasteiger partial charge in [0, 0.05) is 48.9 Å². The van der Waals surface area contributed by atoms with Crippen molar-refractivity contribution in [1.29, 1.82) is 0 Å². The molecule has 0 unspecified atom stereocenters. The summed E-state index contributed by atoms with van der Waals surface area (Å²) in [6.07, 6.45) is 1.80. The van der Waals surface area contributed by atoms with E-state index in [0.29, 0.717) is 13.1 Å². The van der Waals surface area contributed by atoms with Gasteiger partial charge in [0.05, 0.1) is 10.7 Å². The lowest BCUT2D eigenvalue weighted by Crippen LogP contribution is -2.49. The number of thiazole rings is 1. The standard InChI is InChI=1S/C20H20N4OS/c1-15-22-18(14-26-15)16-5-7-17(8-6-16)20(25)24-12-10-23(11-13-24)19-4-2-3-9-21-19/h2-9,14H,10-13H2,1H3. The summed E-state index contributed by atoms with van der Waals surface area (Å²) in [4.78, 5) is 25.8. The van der Waals surface area contributed by atoms with Crippen LogP contribution in [0.15, 0.2) is 54.0 Å². The summed E-state index contributed by atoms with van der Waals surface area (Å²) >= 11 is 1.63. The van der Waals surface area contributed by atoms with E-state index in [1.54, 1.807) is 17.5 Å². The lowest BCUT2D eigenvalue weighted by molar-refractivity contribution is 0.0746. The number of pyridine rings is 1. The highest BCUT2D eigenvalue weighted by Gasteiger charge is 2.22. The number of hydrogen-bond acceptors (Lipinski definition) is 5. The zero-order valence-corrected chi connectivity index (χ0v) is 15.4. The van der Waals surface area contributed by atoms with E-state index in [1.807, 2.05) is 59.7 Å². The number of carbonyl (C=O) groups is 1. The first-order valence-corrected chi connectivity index (χ1v) is 9.56. The van der Waals surface area contributed by atoms with Gasteiger partial charge in [-0.2, -0.15) is 0 Å². The summed E-state index contributed by atoms with van der Waals surface area (Å²) in [6, 6.07) is 13.7. The van der Waals surface area contributed by atoms with Gasteiger partial charge in [-0.05, 0) is 31.2 Å². The van der Waals surface area contributed by atoms with Crippen LogP contribution in [0.3, 0.4) is 0 Å². The Hall–Kier alpha value is -2.73. The molecule has 0 atom stereocenters. The zero-order valence-electron chi connectivity index (χ0n) is 14.6. The number of aromatic nitrogens is 2. The number of benzene rings is 1. The van der Waals surface area contributed by atoms with Crippen LogP contribution in [-0.4, -0.2) is 47.0 Å². The molecule has 1 amide bonds. The molecular formula is C20H20N4OS. The topological polar surface area (TPSA) is 49.3 Å². The Balaban J connectivity index is 1.40. The van der Waals surface area contributed by atoms with Gasteiger partial charge < -0.3 is 9.80 Å². The Kier molecular flexibility index (Phi) is 4.67. The minimum atomic E-state index is 0.0895. The molecule has 3 heterocycles. The predicted octanol–water partition coefficient (Wildman–Crippen LogP) is 3.48. The molecule has 26 heavy (non-hydrogen) atoms. The van der Waals surface area contributed by atoms with E-state index in [0.717, 1.165) is 40.7 Å². The van der Waals surface area contributed by atoms with Crippen molar-refractivity contribution in [3.63, 3.8) is 0 Å². The van der Waals surface area contributed by atoms with E-state index < -0.39 is 0 Å². The SMILES string of the molecule is Cc1nc(-c2ccc(C(=O)N3CCN(c4ccccn4)CC3)cc2)cs1. The number of amides is 1. The summed E-state index contributed by atoms with van der Waals surface area (Å²) < 4.78 is 0. The summed E-state index contributed by atoms with van der Waals surface area (Å²) in [7, 11) is 0. The normalized spacial score (nSPS) is 14.5. The van der Waals surface area contributed by atoms with Crippen molar-refractivity contribution in [3.8, 4) is 11.3 Å². The molecule has 0 aliphatic carbocycles. The van der Waals surface area contributed by atoms with Crippen LogP contribution < -0.4 is 4.90 Å². The Morgan fingerprint density at radius 3 is 2.42 bits per heavy atom. The van der Waals surface area contributed by atoms with E-state index in [9.17, 15) is 4.79 Å². The highest BCUT2D eigenvalue weighted by Crippen LogP contribution is 2.22. The van der Waals surface area contributed by atoms with E-state index in [4.69, 9.17) is 0 Å². The Labute approximate surface area is 156 Å². The fourth-order valence-electron chi connectivity index (χ4n) is 3.14. The Morgan fingerprint density at radius 2 is 1.81 bits per heavy atom. The summed E-state index contributed by atoms with van der Waals surface area (Å²) in [5.41, 5.74) is 2.74. The maximum atomic E-state index is 12.8. The van der Waals surface area contributed by atoms with E-state index in [1.165, 1.54) is 0 Å². The molecule has 0 saturated carbocycles. The van der Waals surface area contributed by atoms with Crippen molar-refractivity contribution in [2.24, 2.45) is 0 Å². The van der Waals surface area contributed by atoms with Gasteiger partial charge in [-0.15, -0.1) is 11.3 Å². The van der Waals surface area contributed by atoms with Crippen LogP contribution >= 0.6 is 11.3 Å². The van der Waals surface area contributed by atoms with Gasteiger partial charge in [0.1, 0.15) is 5.82 Å². The smallest absolute Gasteiger partial charge is 0.253 e. The molecule has 4 rings (SSSR count). The molecule has 2 aromatic heterocycles. The van der Waals surface area contributed by atoms with Gasteiger partial charge >= 0.3 is 0 Å². The second-order valence-corrected chi connectivity index (χ2v) is 7.36. The molecule has 1 aliphatic heterocycles. The van der Waals surface area contributed by atoms with E-state index >= 15 is 0 Å². The molecular weight excluding hydrogens is 344 g/mol. The number of carbonyl (C=O) groups excluding carboxylic acids is 1.